The van der Waals surface area contributed by atoms with Crippen molar-refractivity contribution >= 4 is 24.4 Å². The Morgan fingerprint density at radius 3 is 2.57 bits per heavy atom. The first-order valence-corrected chi connectivity index (χ1v) is 10.7. The Morgan fingerprint density at radius 1 is 1.13 bits per heavy atom. The zero-order valence-corrected chi connectivity index (χ0v) is 17.6. The molecule has 154 valence electrons. The first kappa shape index (κ1) is 20.4. The number of carbonyl (C=O) groups excluding carboxylic acids is 2. The molecular weight excluding hydrogens is 396 g/mol. The molecule has 2 saturated heterocycles. The fraction of sp³-hybridized carbons (Fsp3) is 0.391. The van der Waals surface area contributed by atoms with Crippen molar-refractivity contribution in [3.8, 4) is 6.07 Å². The molecule has 2 fully saturated rings. The lowest BCUT2D eigenvalue weighted by molar-refractivity contribution is -0.135. The maximum Gasteiger partial charge on any atom is 0.253 e. The molecule has 4 rings (SSSR count). The van der Waals surface area contributed by atoms with Crippen LogP contribution < -0.4 is 0 Å². The second kappa shape index (κ2) is 8.49. The Balaban J connectivity index is 1.45. The Morgan fingerprint density at radius 2 is 1.87 bits per heavy atom. The van der Waals surface area contributed by atoms with Crippen molar-refractivity contribution in [2.24, 2.45) is 0 Å². The van der Waals surface area contributed by atoms with Crippen LogP contribution in [0.2, 0.25) is 0 Å². The monoisotopic (exact) mass is 420 g/mol. The maximum atomic E-state index is 13.5. The van der Waals surface area contributed by atoms with Crippen molar-refractivity contribution in [2.45, 2.75) is 36.5 Å². The fourth-order valence-corrected chi connectivity index (χ4v) is 4.71. The molecule has 7 heteroatoms. The van der Waals surface area contributed by atoms with E-state index < -0.39 is 4.75 Å². The number of nitriles is 1. The van der Waals surface area contributed by atoms with Crippen LogP contribution in [-0.4, -0.2) is 51.0 Å². The van der Waals surface area contributed by atoms with Gasteiger partial charge in [0.25, 0.3) is 5.91 Å². The minimum Gasteiger partial charge on any atom is -0.339 e. The first-order valence-electron chi connectivity index (χ1n) is 10.2. The highest BCUT2D eigenvalue weighted by Crippen LogP contribution is 2.38. The average Bonchev–Trinajstić information content (AvgIpc) is 3.29. The second-order valence-corrected chi connectivity index (χ2v) is 8.82. The lowest BCUT2D eigenvalue weighted by atomic mass is 9.92. The summed E-state index contributed by atoms with van der Waals surface area (Å²) < 4.78 is -0.781. The lowest BCUT2D eigenvalue weighted by Gasteiger charge is -2.41. The highest BCUT2D eigenvalue weighted by atomic mass is 32.1. The van der Waals surface area contributed by atoms with Crippen LogP contribution in [0, 0.1) is 11.3 Å². The number of benzene rings is 1. The minimum atomic E-state index is -0.781. The largest absolute Gasteiger partial charge is 0.339 e. The maximum absolute atomic E-state index is 13.5. The topological polar surface area (TPSA) is 77.3 Å². The quantitative estimate of drug-likeness (QED) is 0.774. The minimum absolute atomic E-state index is 0.00289. The Labute approximate surface area is 181 Å². The molecule has 6 nitrogen and oxygen atoms in total. The van der Waals surface area contributed by atoms with Gasteiger partial charge in [0.15, 0.2) is 0 Å². The van der Waals surface area contributed by atoms with Crippen LogP contribution in [0.15, 0.2) is 48.8 Å². The van der Waals surface area contributed by atoms with Crippen molar-refractivity contribution < 1.29 is 9.59 Å². The number of thiol groups is 1. The number of carbonyl (C=O) groups is 2. The molecule has 1 atom stereocenters. The van der Waals surface area contributed by atoms with E-state index in [4.69, 9.17) is 17.9 Å². The van der Waals surface area contributed by atoms with Gasteiger partial charge in [-0.25, -0.2) is 0 Å². The summed E-state index contributed by atoms with van der Waals surface area (Å²) in [5, 5.41) is 9.16. The van der Waals surface area contributed by atoms with Gasteiger partial charge in [-0.3, -0.25) is 14.6 Å². The van der Waals surface area contributed by atoms with E-state index in [9.17, 15) is 9.59 Å². The number of aromatic nitrogens is 1. The number of hydrogen-bond donors (Lipinski definition) is 1. The molecule has 0 spiro atoms. The molecule has 3 heterocycles. The Bertz CT molecular complexity index is 980. The van der Waals surface area contributed by atoms with E-state index in [-0.39, 0.29) is 17.9 Å². The summed E-state index contributed by atoms with van der Waals surface area (Å²) in [6, 6.07) is 13.1. The van der Waals surface area contributed by atoms with Crippen molar-refractivity contribution in [1.29, 1.82) is 5.26 Å². The summed E-state index contributed by atoms with van der Waals surface area (Å²) in [5.41, 5.74) is 2.06. The molecule has 30 heavy (non-hydrogen) atoms. The summed E-state index contributed by atoms with van der Waals surface area (Å²) in [6.07, 6.45) is 6.08. The van der Waals surface area contributed by atoms with Gasteiger partial charge in [-0.15, -0.1) is 0 Å². The third-order valence-corrected chi connectivity index (χ3v) is 6.72. The van der Waals surface area contributed by atoms with Gasteiger partial charge in [-0.2, -0.15) is 17.9 Å². The first-order chi connectivity index (χ1) is 14.5. The standard InChI is InChI=1S/C23H24N4O2S/c24-14-17-13-19(16-25-15-17)20-7-4-10-27(20)22(29)23(30)8-11-26(12-9-23)21(28)18-5-2-1-3-6-18/h1-3,5-6,13,15-16,20,30H,4,7-12H2/t20-/m0/s1. The van der Waals surface area contributed by atoms with Crippen LogP contribution in [0.25, 0.3) is 0 Å². The SMILES string of the molecule is N#Cc1cncc([C@@H]2CCCN2C(=O)C2(S)CCN(C(=O)c3ccccc3)CC2)c1. The van der Waals surface area contributed by atoms with Crippen LogP contribution in [0.1, 0.15) is 53.2 Å². The second-order valence-electron chi connectivity index (χ2n) is 7.97. The molecule has 0 bridgehead atoms. The van der Waals surface area contributed by atoms with Gasteiger partial charge in [0.1, 0.15) is 6.07 Å². The van der Waals surface area contributed by atoms with E-state index in [1.807, 2.05) is 41.3 Å². The van der Waals surface area contributed by atoms with Crippen LogP contribution >= 0.6 is 12.6 Å². The van der Waals surface area contributed by atoms with E-state index in [1.54, 1.807) is 11.1 Å². The number of amides is 2. The van der Waals surface area contributed by atoms with Gasteiger partial charge in [0.05, 0.1) is 16.4 Å². The molecule has 0 aliphatic carbocycles. The van der Waals surface area contributed by atoms with Gasteiger partial charge >= 0.3 is 0 Å². The van der Waals surface area contributed by atoms with Gasteiger partial charge in [0.2, 0.25) is 5.91 Å². The predicted octanol–water partition coefficient (Wildman–Crippen LogP) is 3.22. The van der Waals surface area contributed by atoms with E-state index in [2.05, 4.69) is 11.1 Å². The Kier molecular flexibility index (Phi) is 5.78. The summed E-state index contributed by atoms with van der Waals surface area (Å²) in [7, 11) is 0. The smallest absolute Gasteiger partial charge is 0.253 e. The molecule has 1 aromatic carbocycles. The molecule has 0 unspecified atom stereocenters. The predicted molar refractivity (Wildman–Crippen MR) is 116 cm³/mol. The molecule has 1 aromatic heterocycles. The third kappa shape index (κ3) is 3.92. The Hall–Kier alpha value is -2.85. The van der Waals surface area contributed by atoms with Crippen molar-refractivity contribution in [1.82, 2.24) is 14.8 Å². The van der Waals surface area contributed by atoms with E-state index in [0.717, 1.165) is 18.4 Å². The average molecular weight is 421 g/mol. The van der Waals surface area contributed by atoms with Crippen LogP contribution in [0.4, 0.5) is 0 Å². The normalized spacial score (nSPS) is 20.6. The third-order valence-electron chi connectivity index (χ3n) is 6.08. The molecule has 2 aliphatic heterocycles. The number of piperidine rings is 1. The van der Waals surface area contributed by atoms with Crippen LogP contribution in [0.3, 0.4) is 0 Å². The van der Waals surface area contributed by atoms with Gasteiger partial charge in [-0.1, -0.05) is 18.2 Å². The van der Waals surface area contributed by atoms with Gasteiger partial charge in [0, 0.05) is 37.6 Å². The van der Waals surface area contributed by atoms with Crippen LogP contribution in [-0.2, 0) is 4.79 Å². The highest BCUT2D eigenvalue weighted by Gasteiger charge is 2.44. The highest BCUT2D eigenvalue weighted by molar-refractivity contribution is 7.82. The van der Waals surface area contributed by atoms with Gasteiger partial charge < -0.3 is 9.80 Å². The zero-order chi connectivity index (χ0) is 21.1. The molecule has 0 N–H and O–H groups in total. The summed E-state index contributed by atoms with van der Waals surface area (Å²) in [6.45, 7) is 1.69. The molecule has 2 aliphatic rings. The molecular formula is C23H24N4O2S. The van der Waals surface area contributed by atoms with Gasteiger partial charge in [-0.05, 0) is 49.4 Å². The molecule has 0 saturated carbocycles. The number of pyridine rings is 1. The summed E-state index contributed by atoms with van der Waals surface area (Å²) >= 11 is 4.81. The number of nitrogens with zero attached hydrogens (tertiary/aromatic N) is 4. The zero-order valence-electron chi connectivity index (χ0n) is 16.7. The van der Waals surface area contributed by atoms with Crippen molar-refractivity contribution in [3.63, 3.8) is 0 Å². The summed E-state index contributed by atoms with van der Waals surface area (Å²) in [5.74, 6) is 0.0133. The molecule has 2 amide bonds. The fourth-order valence-electron chi connectivity index (χ4n) is 4.38. The van der Waals surface area contributed by atoms with E-state index in [1.165, 1.54) is 6.20 Å². The molecule has 0 radical (unpaired) electrons. The summed E-state index contributed by atoms with van der Waals surface area (Å²) in [4.78, 5) is 34.0. The van der Waals surface area contributed by atoms with Crippen LogP contribution in [0.5, 0.6) is 0 Å². The lowest BCUT2D eigenvalue weighted by Crippen LogP contribution is -2.52. The number of likely N-dealkylation sites (tertiary alicyclic amines) is 2. The molecule has 2 aromatic rings. The van der Waals surface area contributed by atoms with Crippen molar-refractivity contribution in [2.75, 3.05) is 19.6 Å². The van der Waals surface area contributed by atoms with E-state index in [0.29, 0.717) is 43.6 Å². The number of rotatable bonds is 3. The van der Waals surface area contributed by atoms with Crippen molar-refractivity contribution in [3.05, 3.63) is 65.5 Å². The number of hydrogen-bond acceptors (Lipinski definition) is 5. The van der Waals surface area contributed by atoms with E-state index >= 15 is 0 Å².